The van der Waals surface area contributed by atoms with Crippen LogP contribution >= 0.6 is 11.6 Å². The van der Waals surface area contributed by atoms with Gasteiger partial charge in [0.15, 0.2) is 5.69 Å². The fourth-order valence-electron chi connectivity index (χ4n) is 2.53. The van der Waals surface area contributed by atoms with E-state index in [-0.39, 0.29) is 16.3 Å². The second-order valence-electron chi connectivity index (χ2n) is 5.51. The summed E-state index contributed by atoms with van der Waals surface area (Å²) < 4.78 is 14.5. The van der Waals surface area contributed by atoms with Crippen LogP contribution in [-0.4, -0.2) is 15.7 Å². The molecule has 1 heterocycles. The van der Waals surface area contributed by atoms with Crippen molar-refractivity contribution < 1.29 is 9.18 Å². The second-order valence-corrected chi connectivity index (χ2v) is 5.91. The highest BCUT2D eigenvalue weighted by atomic mass is 35.5. The summed E-state index contributed by atoms with van der Waals surface area (Å²) in [7, 11) is 0. The average Bonchev–Trinajstić information content (AvgIpc) is 2.61. The van der Waals surface area contributed by atoms with Crippen LogP contribution in [0.15, 0.2) is 47.3 Å². The van der Waals surface area contributed by atoms with Crippen molar-refractivity contribution in [3.05, 3.63) is 69.4 Å². The Kier molecular flexibility index (Phi) is 4.81. The van der Waals surface area contributed by atoms with Crippen LogP contribution in [-0.2, 0) is 6.54 Å². The highest BCUT2D eigenvalue weighted by Crippen LogP contribution is 2.21. The van der Waals surface area contributed by atoms with Crippen LogP contribution in [0.1, 0.15) is 23.8 Å². The van der Waals surface area contributed by atoms with Gasteiger partial charge < -0.3 is 5.32 Å². The van der Waals surface area contributed by atoms with Crippen molar-refractivity contribution in [3.63, 3.8) is 0 Å². The predicted octanol–water partition coefficient (Wildman–Crippen LogP) is 3.85. The number of hydrogen-bond donors (Lipinski definition) is 1. The van der Waals surface area contributed by atoms with E-state index >= 15 is 0 Å². The van der Waals surface area contributed by atoms with E-state index in [2.05, 4.69) is 10.4 Å². The van der Waals surface area contributed by atoms with Crippen LogP contribution in [0.4, 0.5) is 10.1 Å². The lowest BCUT2D eigenvalue weighted by Crippen LogP contribution is -2.27. The molecule has 0 saturated carbocycles. The minimum Gasteiger partial charge on any atom is -0.321 e. The Labute approximate surface area is 148 Å². The lowest BCUT2D eigenvalue weighted by molar-refractivity contribution is 0.102. The fraction of sp³-hybridized carbons (Fsp3) is 0.167. The molecule has 0 spiro atoms. The van der Waals surface area contributed by atoms with Crippen molar-refractivity contribution in [1.29, 1.82) is 0 Å². The maximum Gasteiger partial charge on any atom is 0.276 e. The standard InChI is InChI=1S/C18H15ClFN3O2/c1-2-9-23-18(25)13-6-4-3-5-12(13)16(22-23)17(24)21-11-7-8-15(20)14(19)10-11/h3-8,10H,2,9H2,1H3,(H,21,24). The molecule has 0 aliphatic heterocycles. The molecule has 1 amide bonds. The number of benzene rings is 2. The monoisotopic (exact) mass is 359 g/mol. The van der Waals surface area contributed by atoms with Crippen molar-refractivity contribution in [2.75, 3.05) is 5.32 Å². The number of fused-ring (bicyclic) bond motifs is 1. The molecule has 0 radical (unpaired) electrons. The van der Waals surface area contributed by atoms with E-state index in [0.29, 0.717) is 29.4 Å². The molecule has 0 atom stereocenters. The molecule has 1 N–H and O–H groups in total. The lowest BCUT2D eigenvalue weighted by Gasteiger charge is -2.11. The maximum atomic E-state index is 13.3. The van der Waals surface area contributed by atoms with Crippen LogP contribution in [0.2, 0.25) is 5.02 Å². The van der Waals surface area contributed by atoms with Crippen LogP contribution in [0.5, 0.6) is 0 Å². The Bertz CT molecular complexity index is 1020. The summed E-state index contributed by atoms with van der Waals surface area (Å²) in [5.74, 6) is -1.07. The lowest BCUT2D eigenvalue weighted by atomic mass is 10.1. The first kappa shape index (κ1) is 17.1. The average molecular weight is 360 g/mol. The Balaban J connectivity index is 2.07. The molecule has 7 heteroatoms. The first-order valence-corrected chi connectivity index (χ1v) is 8.15. The number of aromatic nitrogens is 2. The number of carbonyl (C=O) groups is 1. The molecular formula is C18H15ClFN3O2. The van der Waals surface area contributed by atoms with Crippen molar-refractivity contribution in [3.8, 4) is 0 Å². The molecule has 0 saturated heterocycles. The zero-order valence-corrected chi connectivity index (χ0v) is 14.2. The third-order valence-electron chi connectivity index (χ3n) is 3.70. The van der Waals surface area contributed by atoms with E-state index in [4.69, 9.17) is 11.6 Å². The van der Waals surface area contributed by atoms with E-state index in [1.165, 1.54) is 22.9 Å². The van der Waals surface area contributed by atoms with E-state index in [1.807, 2.05) is 6.92 Å². The molecule has 0 aliphatic rings. The number of carbonyl (C=O) groups excluding carboxylic acids is 1. The Hall–Kier alpha value is -2.73. The molecule has 25 heavy (non-hydrogen) atoms. The quantitative estimate of drug-likeness (QED) is 0.769. The molecular weight excluding hydrogens is 345 g/mol. The Morgan fingerprint density at radius 1 is 1.24 bits per heavy atom. The van der Waals surface area contributed by atoms with Crippen LogP contribution in [0.25, 0.3) is 10.8 Å². The van der Waals surface area contributed by atoms with Crippen molar-refractivity contribution in [2.24, 2.45) is 0 Å². The van der Waals surface area contributed by atoms with Gasteiger partial charge >= 0.3 is 0 Å². The van der Waals surface area contributed by atoms with Crippen LogP contribution in [0.3, 0.4) is 0 Å². The number of nitrogens with one attached hydrogen (secondary N) is 1. The predicted molar refractivity (Wildman–Crippen MR) is 95.7 cm³/mol. The van der Waals surface area contributed by atoms with E-state index in [0.717, 1.165) is 0 Å². The summed E-state index contributed by atoms with van der Waals surface area (Å²) in [6.45, 7) is 2.33. The molecule has 0 aliphatic carbocycles. The summed E-state index contributed by atoms with van der Waals surface area (Å²) in [5, 5.41) is 7.65. The topological polar surface area (TPSA) is 64.0 Å². The molecule has 0 bridgehead atoms. The van der Waals surface area contributed by atoms with Gasteiger partial charge in [-0.2, -0.15) is 5.10 Å². The number of rotatable bonds is 4. The number of nitrogens with zero attached hydrogens (tertiary/aromatic N) is 2. The largest absolute Gasteiger partial charge is 0.321 e. The smallest absolute Gasteiger partial charge is 0.276 e. The van der Waals surface area contributed by atoms with Gasteiger partial charge in [0.1, 0.15) is 5.82 Å². The highest BCUT2D eigenvalue weighted by Gasteiger charge is 2.17. The van der Waals surface area contributed by atoms with Gasteiger partial charge in [0.2, 0.25) is 0 Å². The highest BCUT2D eigenvalue weighted by molar-refractivity contribution is 6.31. The number of halogens is 2. The van der Waals surface area contributed by atoms with Gasteiger partial charge in [-0.25, -0.2) is 9.07 Å². The minimum atomic E-state index is -0.570. The number of anilines is 1. The van der Waals surface area contributed by atoms with E-state index in [1.54, 1.807) is 24.3 Å². The summed E-state index contributed by atoms with van der Waals surface area (Å²) >= 11 is 5.74. The first-order chi connectivity index (χ1) is 12.0. The zero-order chi connectivity index (χ0) is 18.0. The van der Waals surface area contributed by atoms with Crippen LogP contribution < -0.4 is 10.9 Å². The number of hydrogen-bond acceptors (Lipinski definition) is 3. The molecule has 2 aromatic carbocycles. The van der Waals surface area contributed by atoms with Crippen molar-refractivity contribution in [2.45, 2.75) is 19.9 Å². The SMILES string of the molecule is CCCn1nc(C(=O)Nc2ccc(F)c(Cl)c2)c2ccccc2c1=O. The molecule has 3 aromatic rings. The summed E-state index contributed by atoms with van der Waals surface area (Å²) in [4.78, 5) is 25.1. The summed E-state index contributed by atoms with van der Waals surface area (Å²) in [5.41, 5.74) is 0.235. The van der Waals surface area contributed by atoms with Gasteiger partial charge in [0.05, 0.1) is 10.4 Å². The third kappa shape index (κ3) is 3.39. The third-order valence-corrected chi connectivity index (χ3v) is 3.99. The van der Waals surface area contributed by atoms with E-state index in [9.17, 15) is 14.0 Å². The maximum absolute atomic E-state index is 13.3. The zero-order valence-electron chi connectivity index (χ0n) is 13.4. The summed E-state index contributed by atoms with van der Waals surface area (Å²) in [6.07, 6.45) is 0.708. The number of aryl methyl sites for hydroxylation is 1. The van der Waals surface area contributed by atoms with Gasteiger partial charge in [0.25, 0.3) is 11.5 Å². The van der Waals surface area contributed by atoms with Gasteiger partial charge in [-0.05, 0) is 30.7 Å². The molecule has 3 rings (SSSR count). The van der Waals surface area contributed by atoms with Gasteiger partial charge in [-0.1, -0.05) is 36.7 Å². The Morgan fingerprint density at radius 2 is 1.96 bits per heavy atom. The minimum absolute atomic E-state index is 0.0911. The Morgan fingerprint density at radius 3 is 2.64 bits per heavy atom. The van der Waals surface area contributed by atoms with Crippen molar-refractivity contribution in [1.82, 2.24) is 9.78 Å². The fourth-order valence-corrected chi connectivity index (χ4v) is 2.71. The van der Waals surface area contributed by atoms with Crippen LogP contribution in [0, 0.1) is 5.82 Å². The molecule has 128 valence electrons. The van der Waals surface area contributed by atoms with Gasteiger partial charge in [-0.15, -0.1) is 0 Å². The second kappa shape index (κ2) is 7.03. The molecule has 0 fully saturated rings. The number of amides is 1. The van der Waals surface area contributed by atoms with Crippen molar-refractivity contribution >= 4 is 34.0 Å². The molecule has 0 unspecified atom stereocenters. The summed E-state index contributed by atoms with van der Waals surface area (Å²) in [6, 6.07) is 10.7. The normalized spacial score (nSPS) is 10.8. The molecule has 5 nitrogen and oxygen atoms in total. The molecule has 1 aromatic heterocycles. The van der Waals surface area contributed by atoms with E-state index < -0.39 is 11.7 Å². The van der Waals surface area contributed by atoms with Gasteiger partial charge in [-0.3, -0.25) is 9.59 Å². The van der Waals surface area contributed by atoms with Gasteiger partial charge in [0, 0.05) is 17.6 Å². The first-order valence-electron chi connectivity index (χ1n) is 7.77.